The molecule has 50 heavy (non-hydrogen) atoms. The Balaban J connectivity index is 1.30. The first-order valence-electron chi connectivity index (χ1n) is 16.7. The van der Waals surface area contributed by atoms with Crippen molar-refractivity contribution in [2.75, 3.05) is 0 Å². The lowest BCUT2D eigenvalue weighted by atomic mass is 10.00. The highest BCUT2D eigenvalue weighted by Crippen LogP contribution is 2.40. The molecule has 10 aromatic rings. The van der Waals surface area contributed by atoms with Crippen LogP contribution < -0.4 is 0 Å². The number of fused-ring (bicyclic) bond motifs is 5. The maximum atomic E-state index is 10.4. The van der Waals surface area contributed by atoms with Crippen LogP contribution in [0.4, 0.5) is 0 Å². The molecule has 0 atom stereocenters. The summed E-state index contributed by atoms with van der Waals surface area (Å²) in [4.78, 5) is 10.2. The van der Waals surface area contributed by atoms with E-state index < -0.39 is 0 Å². The van der Waals surface area contributed by atoms with E-state index in [0.29, 0.717) is 22.8 Å². The highest BCUT2D eigenvalue weighted by Gasteiger charge is 2.21. The summed E-state index contributed by atoms with van der Waals surface area (Å²) >= 11 is 0. The lowest BCUT2D eigenvalue weighted by Crippen LogP contribution is -2.02. The van der Waals surface area contributed by atoms with Gasteiger partial charge in [0.1, 0.15) is 11.6 Å². The van der Waals surface area contributed by atoms with Gasteiger partial charge in [0.25, 0.3) is 0 Å². The summed E-state index contributed by atoms with van der Waals surface area (Å²) < 4.78 is 4.79. The third kappa shape index (κ3) is 4.12. The molecular weight excluding hydrogens is 611 g/mol. The monoisotopic (exact) mass is 637 g/mol. The number of hydrogen-bond acceptors (Lipinski definition) is 3. The Hall–Kier alpha value is -7.03. The molecule has 5 heteroatoms. The minimum Gasteiger partial charge on any atom is -0.308 e. The van der Waals surface area contributed by atoms with E-state index in [-0.39, 0.29) is 0 Å². The largest absolute Gasteiger partial charge is 0.308 e. The minimum atomic E-state index is 0.456. The van der Waals surface area contributed by atoms with Gasteiger partial charge >= 0.3 is 0 Å². The van der Waals surface area contributed by atoms with Crippen molar-refractivity contribution in [1.82, 2.24) is 18.9 Å². The summed E-state index contributed by atoms with van der Waals surface area (Å²) in [6.45, 7) is 0. The Kier molecular flexibility index (Phi) is 6.17. The average molecular weight is 638 g/mol. The van der Waals surface area contributed by atoms with Gasteiger partial charge in [0.05, 0.1) is 39.0 Å². The lowest BCUT2D eigenvalue weighted by Gasteiger charge is -2.15. The van der Waals surface area contributed by atoms with Gasteiger partial charge in [-0.2, -0.15) is 5.26 Å². The van der Waals surface area contributed by atoms with Gasteiger partial charge in [-0.05, 0) is 41.8 Å². The summed E-state index contributed by atoms with van der Waals surface area (Å²) in [5.74, 6) is 0.559. The molecule has 0 bridgehead atoms. The maximum Gasteiger partial charge on any atom is 0.160 e. The first kappa shape index (κ1) is 28.0. The van der Waals surface area contributed by atoms with E-state index in [9.17, 15) is 5.26 Å². The smallest absolute Gasteiger partial charge is 0.160 e. The Morgan fingerprint density at radius 1 is 0.480 bits per heavy atom. The van der Waals surface area contributed by atoms with Crippen molar-refractivity contribution < 1.29 is 0 Å². The van der Waals surface area contributed by atoms with Gasteiger partial charge in [0.15, 0.2) is 5.82 Å². The Morgan fingerprint density at radius 2 is 1.08 bits per heavy atom. The highest BCUT2D eigenvalue weighted by atomic mass is 15.0. The fraction of sp³-hybridized carbons (Fsp3) is 0. The Bertz CT molecular complexity index is 2910. The number of hydrogen-bond donors (Lipinski definition) is 0. The summed E-state index contributed by atoms with van der Waals surface area (Å²) in [6.07, 6.45) is 0. The third-order valence-electron chi connectivity index (χ3n) is 9.74. The molecule has 5 nitrogen and oxygen atoms in total. The van der Waals surface area contributed by atoms with Crippen LogP contribution in [0.25, 0.3) is 88.7 Å². The summed E-state index contributed by atoms with van der Waals surface area (Å²) in [5, 5.41) is 15.3. The van der Waals surface area contributed by atoms with E-state index in [1.54, 1.807) is 0 Å². The van der Waals surface area contributed by atoms with Gasteiger partial charge in [-0.1, -0.05) is 127 Å². The third-order valence-corrected chi connectivity index (χ3v) is 9.74. The molecule has 0 saturated heterocycles. The molecule has 10 rings (SSSR count). The van der Waals surface area contributed by atoms with Crippen LogP contribution in [0.2, 0.25) is 0 Å². The van der Waals surface area contributed by atoms with Crippen LogP contribution in [0.1, 0.15) is 5.56 Å². The number of nitriles is 1. The lowest BCUT2D eigenvalue weighted by molar-refractivity contribution is 1.14. The number of para-hydroxylation sites is 3. The van der Waals surface area contributed by atoms with Crippen LogP contribution in [0.3, 0.4) is 0 Å². The quantitative estimate of drug-likeness (QED) is 0.193. The molecule has 3 heterocycles. The fourth-order valence-electron chi connectivity index (χ4n) is 7.58. The Labute approximate surface area is 287 Å². The van der Waals surface area contributed by atoms with E-state index in [2.05, 4.69) is 118 Å². The summed E-state index contributed by atoms with van der Waals surface area (Å²) in [7, 11) is 0. The van der Waals surface area contributed by atoms with E-state index in [1.807, 2.05) is 60.7 Å². The SMILES string of the molecule is N#Cc1c(-c2ccccc2)nc(-c2cccc(-n3c4cccc5ccc6c7ccccc7n(c7ccccc73)c6c54)c2)nc1-c1ccccc1. The zero-order valence-electron chi connectivity index (χ0n) is 26.8. The zero-order chi connectivity index (χ0) is 33.2. The fourth-order valence-corrected chi connectivity index (χ4v) is 7.58. The van der Waals surface area contributed by atoms with Crippen molar-refractivity contribution in [3.63, 3.8) is 0 Å². The predicted molar refractivity (Wildman–Crippen MR) is 203 cm³/mol. The average Bonchev–Trinajstić information content (AvgIpc) is 3.46. The topological polar surface area (TPSA) is 58.9 Å². The molecule has 0 radical (unpaired) electrons. The molecule has 0 unspecified atom stereocenters. The molecule has 0 N–H and O–H groups in total. The molecule has 3 aromatic heterocycles. The van der Waals surface area contributed by atoms with Gasteiger partial charge < -0.3 is 8.97 Å². The minimum absolute atomic E-state index is 0.456. The van der Waals surface area contributed by atoms with E-state index in [0.717, 1.165) is 38.9 Å². The van der Waals surface area contributed by atoms with Gasteiger partial charge in [-0.3, -0.25) is 0 Å². The standard InChI is InChI=1S/C45H27N5/c46-28-36-42(30-13-3-1-4-14-30)47-45(48-43(36)31-15-5-2-6-16-31)32-18-11-19-33(27-32)49-38-22-9-10-23-39(38)50-37-21-8-7-20-34(37)35-26-25-29-17-12-24-40(49)41(29)44(35)50/h1-27H. The van der Waals surface area contributed by atoms with Crippen LogP contribution in [0, 0.1) is 11.3 Å². The summed E-state index contributed by atoms with van der Waals surface area (Å²) in [6, 6.07) is 59.0. The second kappa shape index (κ2) is 11.0. The normalized spacial score (nSPS) is 11.6. The van der Waals surface area contributed by atoms with Crippen LogP contribution in [0.5, 0.6) is 0 Å². The van der Waals surface area contributed by atoms with Crippen molar-refractivity contribution in [3.8, 4) is 45.7 Å². The van der Waals surface area contributed by atoms with Crippen molar-refractivity contribution in [2.24, 2.45) is 0 Å². The molecule has 0 fully saturated rings. The van der Waals surface area contributed by atoms with Gasteiger partial charge in [-0.15, -0.1) is 0 Å². The number of benzene rings is 7. The van der Waals surface area contributed by atoms with Crippen molar-refractivity contribution in [3.05, 3.63) is 169 Å². The van der Waals surface area contributed by atoms with E-state index in [1.165, 1.54) is 32.6 Å². The number of nitrogens with zero attached hydrogens (tertiary/aromatic N) is 5. The van der Waals surface area contributed by atoms with E-state index in [4.69, 9.17) is 9.97 Å². The van der Waals surface area contributed by atoms with Gasteiger partial charge in [-0.25, -0.2) is 9.97 Å². The van der Waals surface area contributed by atoms with Crippen LogP contribution in [0.15, 0.2) is 164 Å². The maximum absolute atomic E-state index is 10.4. The van der Waals surface area contributed by atoms with Crippen molar-refractivity contribution >= 4 is 49.1 Å². The Morgan fingerprint density at radius 3 is 1.80 bits per heavy atom. The molecule has 232 valence electrons. The molecule has 0 saturated carbocycles. The molecule has 7 aromatic carbocycles. The second-order valence-corrected chi connectivity index (χ2v) is 12.5. The molecule has 0 aliphatic heterocycles. The highest BCUT2D eigenvalue weighted by molar-refractivity contribution is 6.23. The number of rotatable bonds is 4. The first-order valence-corrected chi connectivity index (χ1v) is 16.7. The van der Waals surface area contributed by atoms with Crippen LogP contribution in [-0.2, 0) is 0 Å². The zero-order valence-corrected chi connectivity index (χ0v) is 26.8. The van der Waals surface area contributed by atoms with E-state index >= 15 is 0 Å². The molecule has 0 aliphatic carbocycles. The van der Waals surface area contributed by atoms with Crippen LogP contribution in [-0.4, -0.2) is 18.9 Å². The second-order valence-electron chi connectivity index (χ2n) is 12.5. The summed E-state index contributed by atoms with van der Waals surface area (Å²) in [5.41, 5.74) is 11.0. The number of aromatic nitrogens is 4. The first-order chi connectivity index (χ1) is 24.8. The van der Waals surface area contributed by atoms with Crippen LogP contribution >= 0.6 is 0 Å². The van der Waals surface area contributed by atoms with Crippen molar-refractivity contribution in [2.45, 2.75) is 0 Å². The molecule has 0 spiro atoms. The molecular formula is C45H27N5. The predicted octanol–water partition coefficient (Wildman–Crippen LogP) is 11.0. The van der Waals surface area contributed by atoms with Gasteiger partial charge in [0.2, 0.25) is 0 Å². The molecule has 0 aliphatic rings. The van der Waals surface area contributed by atoms with Crippen molar-refractivity contribution in [1.29, 1.82) is 5.26 Å². The van der Waals surface area contributed by atoms with Gasteiger partial charge in [0, 0.05) is 38.5 Å². The molecule has 0 amide bonds.